The van der Waals surface area contributed by atoms with Crippen LogP contribution in [0.25, 0.3) is 0 Å². The average Bonchev–Trinajstić information content (AvgIpc) is 3.15. The fraction of sp³-hybridized carbons (Fsp3) is 0.208. The number of phenols is 1. The molecule has 2 amide bonds. The number of hydrogen-bond acceptors (Lipinski definition) is 4. The predicted octanol–water partition coefficient (Wildman–Crippen LogP) is 4.32. The number of carbonyl (C=O) groups is 2. The van der Waals surface area contributed by atoms with Gasteiger partial charge in [-0.15, -0.1) is 0 Å². The van der Waals surface area contributed by atoms with E-state index in [-0.39, 0.29) is 28.6 Å². The van der Waals surface area contributed by atoms with Gasteiger partial charge in [0.15, 0.2) is 0 Å². The molecule has 0 unspecified atom stereocenters. The summed E-state index contributed by atoms with van der Waals surface area (Å²) in [5.74, 6) is -1.75. The fourth-order valence-corrected chi connectivity index (χ4v) is 4.43. The standard InChI is InChI=1S/C24H21ClFN3O3/c1-13-4-5-17(21(30)9-13)24(32)29(12-14-3-2-8-28-22(14)23(27)31)20-7-6-16-18(20)10-15(25)11-19(16)26/h2-5,8-11,20,30H,6-7,12H2,1H3,(H2,27,31)/t20-/m1/s1. The molecular weight excluding hydrogens is 433 g/mol. The maximum absolute atomic E-state index is 14.5. The third-order valence-electron chi connectivity index (χ3n) is 5.71. The Morgan fingerprint density at radius 1 is 1.28 bits per heavy atom. The minimum absolute atomic E-state index is 0.00347. The van der Waals surface area contributed by atoms with Gasteiger partial charge in [0.2, 0.25) is 0 Å². The molecule has 8 heteroatoms. The van der Waals surface area contributed by atoms with Crippen LogP contribution in [-0.2, 0) is 13.0 Å². The number of phenolic OH excluding ortho intramolecular Hbond substituents is 1. The van der Waals surface area contributed by atoms with Gasteiger partial charge in [-0.2, -0.15) is 0 Å². The van der Waals surface area contributed by atoms with Crippen molar-refractivity contribution in [2.24, 2.45) is 5.73 Å². The molecule has 1 aliphatic carbocycles. The van der Waals surface area contributed by atoms with E-state index >= 15 is 0 Å². The third kappa shape index (κ3) is 4.03. The first-order valence-corrected chi connectivity index (χ1v) is 10.5. The number of nitrogens with two attached hydrogens (primary N) is 1. The quantitative estimate of drug-likeness (QED) is 0.601. The van der Waals surface area contributed by atoms with E-state index in [9.17, 15) is 19.1 Å². The number of fused-ring (bicyclic) bond motifs is 1. The van der Waals surface area contributed by atoms with Crippen molar-refractivity contribution in [3.8, 4) is 5.75 Å². The lowest BCUT2D eigenvalue weighted by Gasteiger charge is -2.31. The summed E-state index contributed by atoms with van der Waals surface area (Å²) in [4.78, 5) is 31.1. The molecule has 6 nitrogen and oxygen atoms in total. The molecule has 0 saturated heterocycles. The SMILES string of the molecule is Cc1ccc(C(=O)N(Cc2cccnc2C(N)=O)[C@@H]2CCc3c(F)cc(Cl)cc32)c(O)c1. The third-order valence-corrected chi connectivity index (χ3v) is 5.93. The Balaban J connectivity index is 1.82. The Morgan fingerprint density at radius 2 is 2.06 bits per heavy atom. The summed E-state index contributed by atoms with van der Waals surface area (Å²) >= 11 is 6.11. The molecule has 164 valence electrons. The maximum Gasteiger partial charge on any atom is 0.267 e. The molecule has 1 aliphatic rings. The molecule has 0 spiro atoms. The molecule has 0 radical (unpaired) electrons. The Bertz CT molecular complexity index is 1230. The number of benzene rings is 2. The van der Waals surface area contributed by atoms with Crippen LogP contribution in [0.2, 0.25) is 5.02 Å². The van der Waals surface area contributed by atoms with E-state index in [0.717, 1.165) is 5.56 Å². The second kappa shape index (κ2) is 8.59. The molecule has 3 aromatic rings. The number of amides is 2. The molecule has 1 atom stereocenters. The summed E-state index contributed by atoms with van der Waals surface area (Å²) in [6.07, 6.45) is 2.35. The van der Waals surface area contributed by atoms with Crippen molar-refractivity contribution < 1.29 is 19.1 Å². The van der Waals surface area contributed by atoms with Gasteiger partial charge in [0.1, 0.15) is 17.3 Å². The van der Waals surface area contributed by atoms with E-state index < -0.39 is 23.7 Å². The number of pyridine rings is 1. The molecule has 2 aromatic carbocycles. The number of carbonyl (C=O) groups excluding carboxylic acids is 2. The molecule has 4 rings (SSSR count). The van der Waals surface area contributed by atoms with Gasteiger partial charge in [-0.3, -0.25) is 14.6 Å². The zero-order chi connectivity index (χ0) is 23.0. The number of halogens is 2. The van der Waals surface area contributed by atoms with Crippen LogP contribution in [0.5, 0.6) is 5.75 Å². The number of rotatable bonds is 5. The van der Waals surface area contributed by atoms with Crippen molar-refractivity contribution in [2.45, 2.75) is 32.4 Å². The second-order valence-corrected chi connectivity index (χ2v) is 8.28. The van der Waals surface area contributed by atoms with Crippen molar-refractivity contribution in [3.05, 3.63) is 93.0 Å². The van der Waals surface area contributed by atoms with Crippen molar-refractivity contribution in [1.29, 1.82) is 0 Å². The largest absolute Gasteiger partial charge is 0.507 e. The van der Waals surface area contributed by atoms with E-state index in [4.69, 9.17) is 17.3 Å². The van der Waals surface area contributed by atoms with Crippen molar-refractivity contribution >= 4 is 23.4 Å². The molecule has 0 aliphatic heterocycles. The van der Waals surface area contributed by atoms with Gasteiger partial charge < -0.3 is 15.7 Å². The van der Waals surface area contributed by atoms with E-state index in [1.54, 1.807) is 37.3 Å². The first-order valence-electron chi connectivity index (χ1n) is 10.1. The molecule has 0 saturated carbocycles. The molecule has 0 bridgehead atoms. The molecule has 3 N–H and O–H groups in total. The summed E-state index contributed by atoms with van der Waals surface area (Å²) in [5, 5.41) is 10.7. The van der Waals surface area contributed by atoms with Crippen LogP contribution < -0.4 is 5.73 Å². The molecule has 1 heterocycles. The zero-order valence-corrected chi connectivity index (χ0v) is 18.1. The summed E-state index contributed by atoms with van der Waals surface area (Å²) in [5.41, 5.74) is 8.00. The summed E-state index contributed by atoms with van der Waals surface area (Å²) in [7, 11) is 0. The van der Waals surface area contributed by atoms with Gasteiger partial charge in [-0.1, -0.05) is 23.7 Å². The number of aromatic nitrogens is 1. The summed E-state index contributed by atoms with van der Waals surface area (Å²) in [6.45, 7) is 1.80. The van der Waals surface area contributed by atoms with E-state index in [2.05, 4.69) is 4.98 Å². The number of hydrogen-bond donors (Lipinski definition) is 2. The first kappa shape index (κ1) is 21.8. The minimum Gasteiger partial charge on any atom is -0.507 e. The van der Waals surface area contributed by atoms with Crippen molar-refractivity contribution in [1.82, 2.24) is 9.88 Å². The second-order valence-electron chi connectivity index (χ2n) is 7.84. The van der Waals surface area contributed by atoms with Gasteiger partial charge in [0.25, 0.3) is 11.8 Å². The van der Waals surface area contributed by atoms with Crippen LogP contribution in [0.4, 0.5) is 4.39 Å². The highest BCUT2D eigenvalue weighted by atomic mass is 35.5. The smallest absolute Gasteiger partial charge is 0.267 e. The van der Waals surface area contributed by atoms with Crippen LogP contribution >= 0.6 is 11.6 Å². The minimum atomic E-state index is -0.716. The normalized spacial score (nSPS) is 14.8. The highest BCUT2D eigenvalue weighted by Gasteiger charge is 2.35. The maximum atomic E-state index is 14.5. The Morgan fingerprint density at radius 3 is 2.78 bits per heavy atom. The van der Waals surface area contributed by atoms with Gasteiger partial charge in [0.05, 0.1) is 11.6 Å². The molecule has 1 aromatic heterocycles. The summed E-state index contributed by atoms with van der Waals surface area (Å²) < 4.78 is 14.5. The van der Waals surface area contributed by atoms with Crippen LogP contribution in [0, 0.1) is 12.7 Å². The summed E-state index contributed by atoms with van der Waals surface area (Å²) in [6, 6.07) is 10.5. The molecular formula is C24H21ClFN3O3. The lowest BCUT2D eigenvalue weighted by Crippen LogP contribution is -2.34. The predicted molar refractivity (Wildman–Crippen MR) is 118 cm³/mol. The van der Waals surface area contributed by atoms with Crippen LogP contribution in [0.3, 0.4) is 0 Å². The highest BCUT2D eigenvalue weighted by molar-refractivity contribution is 6.30. The van der Waals surface area contributed by atoms with Crippen molar-refractivity contribution in [3.63, 3.8) is 0 Å². The Hall–Kier alpha value is -3.45. The van der Waals surface area contributed by atoms with Gasteiger partial charge >= 0.3 is 0 Å². The fourth-order valence-electron chi connectivity index (χ4n) is 4.22. The van der Waals surface area contributed by atoms with Crippen LogP contribution in [0.15, 0.2) is 48.7 Å². The number of aromatic hydroxyl groups is 1. The Kier molecular flexibility index (Phi) is 5.84. The van der Waals surface area contributed by atoms with E-state index in [1.165, 1.54) is 23.2 Å². The highest BCUT2D eigenvalue weighted by Crippen LogP contribution is 2.40. The zero-order valence-electron chi connectivity index (χ0n) is 17.3. The van der Waals surface area contributed by atoms with Crippen molar-refractivity contribution in [2.75, 3.05) is 0 Å². The topological polar surface area (TPSA) is 96.5 Å². The number of aryl methyl sites for hydroxylation is 1. The van der Waals surface area contributed by atoms with E-state index in [0.29, 0.717) is 29.5 Å². The van der Waals surface area contributed by atoms with Crippen LogP contribution in [-0.4, -0.2) is 26.8 Å². The van der Waals surface area contributed by atoms with Gasteiger partial charge in [0, 0.05) is 23.3 Å². The van der Waals surface area contributed by atoms with E-state index in [1.807, 2.05) is 0 Å². The molecule has 32 heavy (non-hydrogen) atoms. The molecule has 0 fully saturated rings. The van der Waals surface area contributed by atoms with Crippen LogP contribution in [0.1, 0.15) is 55.6 Å². The lowest BCUT2D eigenvalue weighted by atomic mass is 10.0. The Labute approximate surface area is 189 Å². The van der Waals surface area contributed by atoms with Gasteiger partial charge in [-0.05, 0) is 66.8 Å². The average molecular weight is 454 g/mol. The lowest BCUT2D eigenvalue weighted by molar-refractivity contribution is 0.0652. The van der Waals surface area contributed by atoms with Gasteiger partial charge in [-0.25, -0.2) is 4.39 Å². The monoisotopic (exact) mass is 453 g/mol. The number of primary amides is 1. The first-order chi connectivity index (χ1) is 15.3. The number of nitrogens with zero attached hydrogens (tertiary/aromatic N) is 2.